The molecular formula is C15H13NO3S. The first kappa shape index (κ1) is 14.1. The summed E-state index contributed by atoms with van der Waals surface area (Å²) >= 11 is 1.45. The molecule has 1 amide bonds. The smallest absolute Gasteiger partial charge is 0.335 e. The molecule has 0 atom stereocenters. The molecule has 2 rings (SSSR count). The SMILES string of the molecule is O=C(CSc1ccccc1)Nc1ccc(C(=O)O)cc1. The number of carboxylic acid groups (broad SMARTS) is 1. The number of benzene rings is 2. The Morgan fingerprint density at radius 1 is 1.00 bits per heavy atom. The van der Waals surface area contributed by atoms with E-state index in [1.165, 1.54) is 23.9 Å². The maximum Gasteiger partial charge on any atom is 0.335 e. The second-order valence-electron chi connectivity index (χ2n) is 4.03. The van der Waals surface area contributed by atoms with Crippen LogP contribution in [0.3, 0.4) is 0 Å². The highest BCUT2D eigenvalue weighted by atomic mass is 32.2. The number of anilines is 1. The lowest BCUT2D eigenvalue weighted by Crippen LogP contribution is -2.14. The number of hydrogen-bond donors (Lipinski definition) is 2. The van der Waals surface area contributed by atoms with Gasteiger partial charge in [-0.25, -0.2) is 4.79 Å². The van der Waals surface area contributed by atoms with Crippen LogP contribution in [0.25, 0.3) is 0 Å². The van der Waals surface area contributed by atoms with Crippen molar-refractivity contribution in [2.75, 3.05) is 11.1 Å². The Hall–Kier alpha value is -2.27. The van der Waals surface area contributed by atoms with E-state index in [0.717, 1.165) is 4.90 Å². The molecule has 20 heavy (non-hydrogen) atoms. The number of aromatic carboxylic acids is 1. The van der Waals surface area contributed by atoms with Crippen molar-refractivity contribution in [2.24, 2.45) is 0 Å². The number of amides is 1. The Kier molecular flexibility index (Phi) is 4.79. The Labute approximate surface area is 120 Å². The van der Waals surface area contributed by atoms with Crippen LogP contribution < -0.4 is 5.32 Å². The quantitative estimate of drug-likeness (QED) is 0.829. The minimum Gasteiger partial charge on any atom is -0.478 e. The monoisotopic (exact) mass is 287 g/mol. The van der Waals surface area contributed by atoms with Crippen molar-refractivity contribution < 1.29 is 14.7 Å². The maximum absolute atomic E-state index is 11.8. The van der Waals surface area contributed by atoms with Crippen LogP contribution in [0.2, 0.25) is 0 Å². The van der Waals surface area contributed by atoms with Gasteiger partial charge in [-0.2, -0.15) is 0 Å². The molecule has 5 heteroatoms. The van der Waals surface area contributed by atoms with E-state index in [-0.39, 0.29) is 11.5 Å². The van der Waals surface area contributed by atoms with E-state index >= 15 is 0 Å². The summed E-state index contributed by atoms with van der Waals surface area (Å²) in [6.07, 6.45) is 0. The van der Waals surface area contributed by atoms with E-state index in [1.54, 1.807) is 12.1 Å². The van der Waals surface area contributed by atoms with E-state index in [4.69, 9.17) is 5.11 Å². The molecule has 2 N–H and O–H groups in total. The highest BCUT2D eigenvalue weighted by Crippen LogP contribution is 2.17. The number of thioether (sulfide) groups is 1. The van der Waals surface area contributed by atoms with Crippen molar-refractivity contribution >= 4 is 29.3 Å². The number of carbonyl (C=O) groups excluding carboxylic acids is 1. The second kappa shape index (κ2) is 6.77. The van der Waals surface area contributed by atoms with Crippen molar-refractivity contribution in [2.45, 2.75) is 4.90 Å². The van der Waals surface area contributed by atoms with Gasteiger partial charge in [0.15, 0.2) is 0 Å². The molecule has 0 spiro atoms. The summed E-state index contributed by atoms with van der Waals surface area (Å²) in [5, 5.41) is 11.5. The topological polar surface area (TPSA) is 66.4 Å². The molecule has 0 fully saturated rings. The van der Waals surface area contributed by atoms with Gasteiger partial charge in [0.25, 0.3) is 0 Å². The van der Waals surface area contributed by atoms with Gasteiger partial charge in [0.1, 0.15) is 0 Å². The predicted molar refractivity (Wildman–Crippen MR) is 79.2 cm³/mol. The number of nitrogens with one attached hydrogen (secondary N) is 1. The van der Waals surface area contributed by atoms with E-state index in [1.807, 2.05) is 30.3 Å². The summed E-state index contributed by atoms with van der Waals surface area (Å²) in [7, 11) is 0. The fraction of sp³-hybridized carbons (Fsp3) is 0.0667. The molecular weight excluding hydrogens is 274 g/mol. The molecule has 2 aromatic rings. The van der Waals surface area contributed by atoms with E-state index < -0.39 is 5.97 Å². The molecule has 0 aliphatic rings. The van der Waals surface area contributed by atoms with Crippen LogP contribution in [0.4, 0.5) is 5.69 Å². The van der Waals surface area contributed by atoms with Gasteiger partial charge < -0.3 is 10.4 Å². The Morgan fingerprint density at radius 3 is 2.25 bits per heavy atom. The molecule has 0 aliphatic carbocycles. The molecule has 0 unspecified atom stereocenters. The highest BCUT2D eigenvalue weighted by Gasteiger charge is 2.05. The molecule has 102 valence electrons. The van der Waals surface area contributed by atoms with Crippen molar-refractivity contribution in [3.63, 3.8) is 0 Å². The molecule has 0 radical (unpaired) electrons. The van der Waals surface area contributed by atoms with Gasteiger partial charge in [0.2, 0.25) is 5.91 Å². The number of rotatable bonds is 5. The van der Waals surface area contributed by atoms with Crippen molar-refractivity contribution in [3.8, 4) is 0 Å². The molecule has 4 nitrogen and oxygen atoms in total. The standard InChI is InChI=1S/C15H13NO3S/c17-14(10-20-13-4-2-1-3-5-13)16-12-8-6-11(7-9-12)15(18)19/h1-9H,10H2,(H,16,17)(H,18,19). The van der Waals surface area contributed by atoms with E-state index in [9.17, 15) is 9.59 Å². The average Bonchev–Trinajstić information content (AvgIpc) is 2.47. The summed E-state index contributed by atoms with van der Waals surface area (Å²) in [5.41, 5.74) is 0.787. The van der Waals surface area contributed by atoms with Crippen LogP contribution in [0.5, 0.6) is 0 Å². The predicted octanol–water partition coefficient (Wildman–Crippen LogP) is 3.12. The van der Waals surface area contributed by atoms with Crippen LogP contribution in [0.15, 0.2) is 59.5 Å². The molecule has 0 heterocycles. The summed E-state index contributed by atoms with van der Waals surface area (Å²) in [4.78, 5) is 23.5. The Morgan fingerprint density at radius 2 is 1.65 bits per heavy atom. The first-order chi connectivity index (χ1) is 9.65. The number of carbonyl (C=O) groups is 2. The van der Waals surface area contributed by atoms with Crippen molar-refractivity contribution in [1.29, 1.82) is 0 Å². The van der Waals surface area contributed by atoms with Gasteiger partial charge in [-0.15, -0.1) is 11.8 Å². The van der Waals surface area contributed by atoms with Gasteiger partial charge >= 0.3 is 5.97 Å². The van der Waals surface area contributed by atoms with Crippen LogP contribution in [0.1, 0.15) is 10.4 Å². The van der Waals surface area contributed by atoms with Crippen LogP contribution >= 0.6 is 11.8 Å². The summed E-state index contributed by atoms with van der Waals surface area (Å²) in [5.74, 6) is -0.797. The molecule has 0 saturated heterocycles. The van der Waals surface area contributed by atoms with E-state index in [0.29, 0.717) is 11.4 Å². The van der Waals surface area contributed by atoms with Crippen molar-refractivity contribution in [1.82, 2.24) is 0 Å². The van der Waals surface area contributed by atoms with Crippen LogP contribution in [-0.4, -0.2) is 22.7 Å². The highest BCUT2D eigenvalue weighted by molar-refractivity contribution is 8.00. The molecule has 0 bridgehead atoms. The zero-order valence-electron chi connectivity index (χ0n) is 10.6. The van der Waals surface area contributed by atoms with Crippen molar-refractivity contribution in [3.05, 3.63) is 60.2 Å². The minimum atomic E-state index is -0.984. The Bertz CT molecular complexity index is 596. The van der Waals surface area contributed by atoms with Gasteiger partial charge in [0, 0.05) is 10.6 Å². The van der Waals surface area contributed by atoms with Gasteiger partial charge in [0.05, 0.1) is 11.3 Å². The third kappa shape index (κ3) is 4.13. The lowest BCUT2D eigenvalue weighted by molar-refractivity contribution is -0.113. The lowest BCUT2D eigenvalue weighted by Gasteiger charge is -2.05. The second-order valence-corrected chi connectivity index (χ2v) is 5.08. The summed E-state index contributed by atoms with van der Waals surface area (Å²) in [6, 6.07) is 15.7. The third-order valence-electron chi connectivity index (χ3n) is 2.53. The fourth-order valence-corrected chi connectivity index (χ4v) is 2.28. The van der Waals surface area contributed by atoms with E-state index in [2.05, 4.69) is 5.32 Å². The first-order valence-corrected chi connectivity index (χ1v) is 6.95. The summed E-state index contributed by atoms with van der Waals surface area (Å²) in [6.45, 7) is 0. The normalized spacial score (nSPS) is 10.0. The molecule has 0 saturated carbocycles. The van der Waals surface area contributed by atoms with Crippen LogP contribution in [0, 0.1) is 0 Å². The zero-order chi connectivity index (χ0) is 14.4. The first-order valence-electron chi connectivity index (χ1n) is 5.96. The van der Waals surface area contributed by atoms with Crippen LogP contribution in [-0.2, 0) is 4.79 Å². The van der Waals surface area contributed by atoms with Gasteiger partial charge in [-0.05, 0) is 36.4 Å². The zero-order valence-corrected chi connectivity index (χ0v) is 11.4. The molecule has 2 aromatic carbocycles. The third-order valence-corrected chi connectivity index (χ3v) is 3.54. The molecule has 0 aliphatic heterocycles. The fourth-order valence-electron chi connectivity index (χ4n) is 1.56. The average molecular weight is 287 g/mol. The lowest BCUT2D eigenvalue weighted by atomic mass is 10.2. The number of hydrogen-bond acceptors (Lipinski definition) is 3. The van der Waals surface area contributed by atoms with Gasteiger partial charge in [-0.1, -0.05) is 18.2 Å². The van der Waals surface area contributed by atoms with Gasteiger partial charge in [-0.3, -0.25) is 4.79 Å². The largest absolute Gasteiger partial charge is 0.478 e. The number of carboxylic acids is 1. The maximum atomic E-state index is 11.8. The molecule has 0 aromatic heterocycles. The minimum absolute atomic E-state index is 0.123. The summed E-state index contributed by atoms with van der Waals surface area (Å²) < 4.78 is 0. The Balaban J connectivity index is 1.86.